The number of hydrogen-bond acceptors (Lipinski definition) is 0. The molecule has 0 N–H and O–H groups in total. The average molecular weight is 772 g/mol. The summed E-state index contributed by atoms with van der Waals surface area (Å²) in [4.78, 5) is 0. The van der Waals surface area contributed by atoms with Crippen molar-refractivity contribution < 1.29 is 0 Å². The van der Waals surface area contributed by atoms with E-state index in [-0.39, 0.29) is 11.3 Å². The van der Waals surface area contributed by atoms with Gasteiger partial charge in [-0.1, -0.05) is 146 Å². The summed E-state index contributed by atoms with van der Waals surface area (Å²) in [6.07, 6.45) is 9.27. The summed E-state index contributed by atoms with van der Waals surface area (Å²) in [6.45, 7) is 0. The maximum atomic E-state index is 2.70. The molecule has 0 aliphatic heterocycles. The van der Waals surface area contributed by atoms with E-state index >= 15 is 0 Å². The van der Waals surface area contributed by atoms with Crippen LogP contribution < -0.4 is 0 Å². The largest absolute Gasteiger partial charge is 0.309 e. The Balaban J connectivity index is 0.906. The van der Waals surface area contributed by atoms with E-state index in [4.69, 9.17) is 0 Å². The van der Waals surface area contributed by atoms with E-state index in [1.807, 2.05) is 0 Å². The van der Waals surface area contributed by atoms with E-state index in [2.05, 4.69) is 187 Å². The van der Waals surface area contributed by atoms with Crippen molar-refractivity contribution in [1.29, 1.82) is 0 Å². The molecule has 1 aromatic heterocycles. The summed E-state index contributed by atoms with van der Waals surface area (Å²) in [5.74, 6) is 3.71. The normalized spacial score (nSPS) is 22.8. The summed E-state index contributed by atoms with van der Waals surface area (Å²) in [7, 11) is 0. The molecule has 0 saturated heterocycles. The lowest BCUT2D eigenvalue weighted by atomic mass is 9.43. The van der Waals surface area contributed by atoms with Gasteiger partial charge in [-0.25, -0.2) is 0 Å². The van der Waals surface area contributed by atoms with Crippen LogP contribution in [0.3, 0.4) is 0 Å². The van der Waals surface area contributed by atoms with Crippen LogP contribution in [0.2, 0.25) is 0 Å². The van der Waals surface area contributed by atoms with E-state index in [0.29, 0.717) is 0 Å². The van der Waals surface area contributed by atoms with Gasteiger partial charge in [0.1, 0.15) is 0 Å². The van der Waals surface area contributed by atoms with Crippen LogP contribution in [0.5, 0.6) is 0 Å². The van der Waals surface area contributed by atoms with Gasteiger partial charge in [0.15, 0.2) is 0 Å². The van der Waals surface area contributed by atoms with Gasteiger partial charge >= 0.3 is 0 Å². The predicted octanol–water partition coefficient (Wildman–Crippen LogP) is 15.1. The van der Waals surface area contributed by atoms with E-state index in [9.17, 15) is 0 Å². The van der Waals surface area contributed by atoms with Crippen molar-refractivity contribution in [2.45, 2.75) is 56.3 Å². The average Bonchev–Trinajstić information content (AvgIpc) is 3.78. The van der Waals surface area contributed by atoms with Crippen molar-refractivity contribution >= 4 is 32.6 Å². The summed E-state index contributed by atoms with van der Waals surface area (Å²) < 4.78 is 2.43. The van der Waals surface area contributed by atoms with Gasteiger partial charge in [-0.05, 0) is 166 Å². The van der Waals surface area contributed by atoms with Crippen LogP contribution >= 0.6 is 0 Å². The van der Waals surface area contributed by atoms with Crippen molar-refractivity contribution in [2.75, 3.05) is 0 Å². The van der Waals surface area contributed by atoms with Gasteiger partial charge in [0.2, 0.25) is 0 Å². The summed E-state index contributed by atoms with van der Waals surface area (Å²) >= 11 is 0. The molecule has 5 aliphatic rings. The van der Waals surface area contributed by atoms with Crippen molar-refractivity contribution in [2.24, 2.45) is 23.7 Å². The van der Waals surface area contributed by atoms with Gasteiger partial charge < -0.3 is 4.57 Å². The number of fused-ring (bicyclic) bond motifs is 7. The quantitative estimate of drug-likeness (QED) is 0.152. The molecular weight excluding hydrogens is 723 g/mol. The fourth-order valence-electron chi connectivity index (χ4n) is 13.5. The molecule has 1 spiro atoms. The van der Waals surface area contributed by atoms with Crippen molar-refractivity contribution in [1.82, 2.24) is 4.57 Å². The molecule has 4 bridgehead atoms. The summed E-state index contributed by atoms with van der Waals surface area (Å²) in [5, 5.41) is 5.20. The number of aromatic nitrogens is 1. The molecule has 60 heavy (non-hydrogen) atoms. The molecule has 0 amide bonds. The number of para-hydroxylation sites is 2. The highest BCUT2D eigenvalue weighted by atomic mass is 15.0. The lowest BCUT2D eigenvalue weighted by Crippen LogP contribution is -2.55. The number of rotatable bonds is 7. The Labute approximate surface area is 353 Å². The highest BCUT2D eigenvalue weighted by molar-refractivity contribution is 6.09. The zero-order valence-electron chi connectivity index (χ0n) is 34.1. The zero-order chi connectivity index (χ0) is 39.4. The first kappa shape index (κ1) is 34.7. The fraction of sp³-hybridized carbons (Fsp3) is 0.220. The number of benzene rings is 8. The second-order valence-corrected chi connectivity index (χ2v) is 18.8. The third-order valence-electron chi connectivity index (χ3n) is 15.8. The Morgan fingerprint density at radius 3 is 1.97 bits per heavy atom. The predicted molar refractivity (Wildman–Crippen MR) is 250 cm³/mol. The Kier molecular flexibility index (Phi) is 7.75. The maximum Gasteiger partial charge on any atom is 0.0541 e. The monoisotopic (exact) mass is 771 g/mol. The van der Waals surface area contributed by atoms with Gasteiger partial charge in [-0.3, -0.25) is 0 Å². The van der Waals surface area contributed by atoms with E-state index < -0.39 is 0 Å². The van der Waals surface area contributed by atoms with Crippen LogP contribution in [0.4, 0.5) is 0 Å². The first-order valence-electron chi connectivity index (χ1n) is 22.6. The van der Waals surface area contributed by atoms with Gasteiger partial charge in [0, 0.05) is 27.8 Å². The molecule has 290 valence electrons. The Bertz CT molecular complexity index is 3080. The first-order valence-corrected chi connectivity index (χ1v) is 22.6. The molecule has 4 fully saturated rings. The molecule has 14 rings (SSSR count). The lowest BCUT2D eigenvalue weighted by molar-refractivity contribution is -0.0399. The highest BCUT2D eigenvalue weighted by Gasteiger charge is 2.61. The molecule has 1 atom stereocenters. The van der Waals surface area contributed by atoms with Crippen molar-refractivity contribution in [3.63, 3.8) is 0 Å². The van der Waals surface area contributed by atoms with Crippen LogP contribution in [0.1, 0.15) is 72.3 Å². The molecule has 5 aliphatic carbocycles. The number of hydrogen-bond donors (Lipinski definition) is 0. The molecule has 1 nitrogen and oxygen atoms in total. The third-order valence-corrected chi connectivity index (χ3v) is 15.8. The third kappa shape index (κ3) is 5.17. The van der Waals surface area contributed by atoms with Crippen LogP contribution in [0, 0.1) is 23.7 Å². The van der Waals surface area contributed by atoms with Crippen LogP contribution in [0.25, 0.3) is 60.5 Å². The van der Waals surface area contributed by atoms with Gasteiger partial charge in [-0.15, -0.1) is 0 Å². The van der Waals surface area contributed by atoms with E-state index in [1.165, 1.54) is 109 Å². The molecule has 1 unspecified atom stereocenters. The van der Waals surface area contributed by atoms with Gasteiger partial charge in [0.25, 0.3) is 0 Å². The first-order chi connectivity index (χ1) is 29.7. The second kappa shape index (κ2) is 13.4. The van der Waals surface area contributed by atoms with Gasteiger partial charge in [0.05, 0.1) is 11.0 Å². The smallest absolute Gasteiger partial charge is 0.0541 e. The molecule has 8 aromatic carbocycles. The summed E-state index contributed by atoms with van der Waals surface area (Å²) in [6, 6.07) is 69.4. The van der Waals surface area contributed by atoms with Crippen LogP contribution in [0.15, 0.2) is 182 Å². The highest BCUT2D eigenvalue weighted by Crippen LogP contribution is 2.69. The molecular formula is C59H49N. The molecule has 9 aromatic rings. The number of aryl methyl sites for hydroxylation is 1. The molecule has 4 saturated carbocycles. The Morgan fingerprint density at radius 1 is 0.467 bits per heavy atom. The molecule has 0 radical (unpaired) electrons. The van der Waals surface area contributed by atoms with Crippen molar-refractivity contribution in [3.05, 3.63) is 210 Å². The van der Waals surface area contributed by atoms with Crippen molar-refractivity contribution in [3.8, 4) is 27.9 Å². The SMILES string of the molecule is c1ccc(-n2c3ccccc3c3cc(C(CCc4ccc5c(c4)C4(c6ccccc6-5)C5CC6CC(C5)CC4C6)c4ccc(-c5ccc6ccccc6c5)cc4)ccc32)cc1. The van der Waals surface area contributed by atoms with Gasteiger partial charge in [-0.2, -0.15) is 0 Å². The minimum absolute atomic E-state index is 0.200. The van der Waals surface area contributed by atoms with E-state index in [1.54, 1.807) is 11.1 Å². The lowest BCUT2D eigenvalue weighted by Gasteiger charge is -2.61. The van der Waals surface area contributed by atoms with Crippen LogP contribution in [-0.4, -0.2) is 4.57 Å². The minimum Gasteiger partial charge on any atom is -0.309 e. The maximum absolute atomic E-state index is 2.70. The molecule has 1 heteroatoms. The van der Waals surface area contributed by atoms with E-state index in [0.717, 1.165) is 36.5 Å². The molecule has 1 heterocycles. The minimum atomic E-state index is 0.200. The Hall–Kier alpha value is -6.18. The zero-order valence-corrected chi connectivity index (χ0v) is 34.1. The standard InChI is InChI=1S/C59H49N/c1-2-12-49(13-3-1)60-57-17-9-7-15-53(57)54-37-46(26-29-58(54)60)50(43-23-20-42(21-24-43)45-25-22-41-10-4-5-11-44(41)36-45)27-18-38-19-28-52-51-14-6-8-16-55(51)59(56(52)35-38)47-31-39-30-40(33-47)34-48(59)32-39/h1-17,19-26,28-29,35-37,39-40,47-48,50H,18,27,30-34H2. The Morgan fingerprint density at radius 2 is 1.13 bits per heavy atom. The fourth-order valence-corrected chi connectivity index (χ4v) is 13.5. The second-order valence-electron chi connectivity index (χ2n) is 18.8. The topological polar surface area (TPSA) is 4.93 Å². The van der Waals surface area contributed by atoms with Crippen LogP contribution in [-0.2, 0) is 11.8 Å². The number of nitrogens with zero attached hydrogens (tertiary/aromatic N) is 1. The summed E-state index contributed by atoms with van der Waals surface area (Å²) in [5.41, 5.74) is 17.1.